The Balaban J connectivity index is 2.70. The molecule has 0 saturated carbocycles. The molecular weight excluding hydrogens is 224 g/mol. The first-order chi connectivity index (χ1) is 7.13. The fourth-order valence-electron chi connectivity index (χ4n) is 1.12. The molecule has 0 spiro atoms. The molecule has 0 aliphatic carbocycles. The molecule has 1 N–H and O–H groups in total. The van der Waals surface area contributed by atoms with E-state index >= 15 is 0 Å². The molecule has 2 nitrogen and oxygen atoms in total. The molecule has 1 aromatic rings. The van der Waals surface area contributed by atoms with Gasteiger partial charge in [0.15, 0.2) is 0 Å². The molecule has 15 heavy (non-hydrogen) atoms. The molecule has 0 unspecified atom stereocenters. The minimum atomic E-state index is -2.85. The molecule has 0 aliphatic rings. The molecule has 0 atom stereocenters. The fraction of sp³-hybridized carbons (Fsp3) is 0.400. The lowest BCUT2D eigenvalue weighted by Gasteiger charge is -2.08. The summed E-state index contributed by atoms with van der Waals surface area (Å²) in [6, 6.07) is 4.76. The largest absolute Gasteiger partial charge is 0.433 e. The lowest BCUT2D eigenvalue weighted by Crippen LogP contribution is -2.11. The van der Waals surface area contributed by atoms with Crippen molar-refractivity contribution in [3.05, 3.63) is 28.8 Å². The zero-order valence-electron chi connectivity index (χ0n) is 8.27. The van der Waals surface area contributed by atoms with Crippen LogP contribution in [-0.2, 0) is 6.54 Å². The lowest BCUT2D eigenvalue weighted by atomic mass is 10.2. The Morgan fingerprint density at radius 1 is 1.47 bits per heavy atom. The van der Waals surface area contributed by atoms with Crippen molar-refractivity contribution in [3.8, 4) is 5.75 Å². The SMILES string of the molecule is CCNCc1ccc(OC(F)F)c(Cl)c1. The molecule has 1 aromatic carbocycles. The number of benzene rings is 1. The van der Waals surface area contributed by atoms with E-state index in [4.69, 9.17) is 11.6 Å². The second kappa shape index (κ2) is 5.88. The number of alkyl halides is 2. The van der Waals surface area contributed by atoms with E-state index in [-0.39, 0.29) is 10.8 Å². The number of ether oxygens (including phenoxy) is 1. The average molecular weight is 236 g/mol. The normalized spacial score (nSPS) is 10.7. The highest BCUT2D eigenvalue weighted by atomic mass is 35.5. The summed E-state index contributed by atoms with van der Waals surface area (Å²) in [7, 11) is 0. The van der Waals surface area contributed by atoms with Gasteiger partial charge in [-0.1, -0.05) is 24.6 Å². The Morgan fingerprint density at radius 3 is 2.73 bits per heavy atom. The minimum Gasteiger partial charge on any atom is -0.433 e. The highest BCUT2D eigenvalue weighted by Crippen LogP contribution is 2.26. The molecule has 0 saturated heterocycles. The first-order valence-electron chi connectivity index (χ1n) is 4.57. The van der Waals surface area contributed by atoms with Crippen LogP contribution >= 0.6 is 11.6 Å². The molecule has 1 rings (SSSR count). The highest BCUT2D eigenvalue weighted by molar-refractivity contribution is 6.32. The molecule has 0 heterocycles. The van der Waals surface area contributed by atoms with E-state index in [0.717, 1.165) is 12.1 Å². The average Bonchev–Trinajstić information content (AvgIpc) is 2.18. The van der Waals surface area contributed by atoms with Crippen molar-refractivity contribution in [2.45, 2.75) is 20.1 Å². The molecule has 0 fully saturated rings. The van der Waals surface area contributed by atoms with Crippen LogP contribution in [-0.4, -0.2) is 13.2 Å². The van der Waals surface area contributed by atoms with E-state index in [2.05, 4.69) is 10.1 Å². The van der Waals surface area contributed by atoms with Crippen LogP contribution in [0.1, 0.15) is 12.5 Å². The van der Waals surface area contributed by atoms with Gasteiger partial charge in [0.2, 0.25) is 0 Å². The quantitative estimate of drug-likeness (QED) is 0.847. The van der Waals surface area contributed by atoms with Crippen molar-refractivity contribution in [1.82, 2.24) is 5.32 Å². The van der Waals surface area contributed by atoms with E-state index in [1.807, 2.05) is 6.92 Å². The third kappa shape index (κ3) is 4.01. The number of halogens is 3. The maximum atomic E-state index is 11.9. The van der Waals surface area contributed by atoms with Crippen molar-refractivity contribution in [3.63, 3.8) is 0 Å². The summed E-state index contributed by atoms with van der Waals surface area (Å²) in [6.45, 7) is 0.635. The van der Waals surface area contributed by atoms with Gasteiger partial charge in [-0.3, -0.25) is 0 Å². The summed E-state index contributed by atoms with van der Waals surface area (Å²) in [5.74, 6) is 0.00640. The van der Waals surface area contributed by atoms with Crippen molar-refractivity contribution in [2.24, 2.45) is 0 Å². The molecular formula is C10H12ClF2NO. The van der Waals surface area contributed by atoms with Gasteiger partial charge in [0.25, 0.3) is 0 Å². The van der Waals surface area contributed by atoms with E-state index in [1.165, 1.54) is 6.07 Å². The zero-order valence-corrected chi connectivity index (χ0v) is 9.02. The van der Waals surface area contributed by atoms with Crippen LogP contribution < -0.4 is 10.1 Å². The summed E-state index contributed by atoms with van der Waals surface area (Å²) in [5.41, 5.74) is 0.934. The van der Waals surface area contributed by atoms with Crippen molar-refractivity contribution in [2.75, 3.05) is 6.54 Å². The highest BCUT2D eigenvalue weighted by Gasteiger charge is 2.08. The van der Waals surface area contributed by atoms with Gasteiger partial charge >= 0.3 is 6.61 Å². The molecule has 0 aliphatic heterocycles. The Hall–Kier alpha value is -0.870. The van der Waals surface area contributed by atoms with E-state index in [1.54, 1.807) is 12.1 Å². The summed E-state index contributed by atoms with van der Waals surface area (Å²) in [5, 5.41) is 3.30. The smallest absolute Gasteiger partial charge is 0.387 e. The van der Waals surface area contributed by atoms with Gasteiger partial charge in [0.05, 0.1) is 5.02 Å². The molecule has 0 radical (unpaired) electrons. The van der Waals surface area contributed by atoms with E-state index < -0.39 is 6.61 Å². The van der Waals surface area contributed by atoms with Crippen LogP contribution in [0.5, 0.6) is 5.75 Å². The standard InChI is InChI=1S/C10H12ClF2NO/c1-2-14-6-7-3-4-9(8(11)5-7)15-10(12)13/h3-5,10,14H,2,6H2,1H3. The predicted molar refractivity (Wildman–Crippen MR) is 55.5 cm³/mol. The van der Waals surface area contributed by atoms with Gasteiger partial charge in [0, 0.05) is 6.54 Å². The van der Waals surface area contributed by atoms with Crippen LogP contribution in [0.4, 0.5) is 8.78 Å². The van der Waals surface area contributed by atoms with Gasteiger partial charge in [-0.25, -0.2) is 0 Å². The number of hydrogen-bond donors (Lipinski definition) is 1. The maximum Gasteiger partial charge on any atom is 0.387 e. The molecule has 0 aromatic heterocycles. The minimum absolute atomic E-state index is 0.00640. The lowest BCUT2D eigenvalue weighted by molar-refractivity contribution is -0.0497. The molecule has 0 bridgehead atoms. The second-order valence-electron chi connectivity index (χ2n) is 2.92. The number of nitrogens with one attached hydrogen (secondary N) is 1. The Morgan fingerprint density at radius 2 is 2.20 bits per heavy atom. The summed E-state index contributed by atoms with van der Waals surface area (Å²) in [6.07, 6.45) is 0. The summed E-state index contributed by atoms with van der Waals surface area (Å²) in [4.78, 5) is 0. The third-order valence-electron chi connectivity index (χ3n) is 1.79. The van der Waals surface area contributed by atoms with Crippen LogP contribution in [0, 0.1) is 0 Å². The predicted octanol–water partition coefficient (Wildman–Crippen LogP) is 3.05. The van der Waals surface area contributed by atoms with Crippen molar-refractivity contribution >= 4 is 11.6 Å². The first-order valence-corrected chi connectivity index (χ1v) is 4.95. The zero-order chi connectivity index (χ0) is 11.3. The number of rotatable bonds is 5. The monoisotopic (exact) mass is 235 g/mol. The Bertz CT molecular complexity index is 320. The maximum absolute atomic E-state index is 11.9. The number of hydrogen-bond acceptors (Lipinski definition) is 2. The Kier molecular flexibility index (Phi) is 4.78. The summed E-state index contributed by atoms with van der Waals surface area (Å²) < 4.78 is 28.0. The Labute approximate surface area is 92.2 Å². The van der Waals surface area contributed by atoms with Crippen molar-refractivity contribution in [1.29, 1.82) is 0 Å². The van der Waals surface area contributed by atoms with E-state index in [0.29, 0.717) is 6.54 Å². The van der Waals surface area contributed by atoms with Gasteiger partial charge in [-0.2, -0.15) is 8.78 Å². The van der Waals surface area contributed by atoms with Crippen LogP contribution in [0.15, 0.2) is 18.2 Å². The summed E-state index contributed by atoms with van der Waals surface area (Å²) >= 11 is 5.77. The van der Waals surface area contributed by atoms with Crippen LogP contribution in [0.2, 0.25) is 5.02 Å². The third-order valence-corrected chi connectivity index (χ3v) is 2.09. The van der Waals surface area contributed by atoms with Gasteiger partial charge in [-0.15, -0.1) is 0 Å². The molecule has 0 amide bonds. The molecule has 5 heteroatoms. The van der Waals surface area contributed by atoms with E-state index in [9.17, 15) is 8.78 Å². The van der Waals surface area contributed by atoms with Gasteiger partial charge < -0.3 is 10.1 Å². The first kappa shape index (κ1) is 12.2. The van der Waals surface area contributed by atoms with Crippen molar-refractivity contribution < 1.29 is 13.5 Å². The second-order valence-corrected chi connectivity index (χ2v) is 3.33. The fourth-order valence-corrected chi connectivity index (χ4v) is 1.36. The van der Waals surface area contributed by atoms with Gasteiger partial charge in [0.1, 0.15) is 5.75 Å². The molecule has 84 valence electrons. The topological polar surface area (TPSA) is 21.3 Å². The van der Waals surface area contributed by atoms with Gasteiger partial charge in [-0.05, 0) is 24.2 Å². The van der Waals surface area contributed by atoms with Crippen LogP contribution in [0.25, 0.3) is 0 Å². The van der Waals surface area contributed by atoms with Crippen LogP contribution in [0.3, 0.4) is 0 Å².